The Morgan fingerprint density at radius 1 is 1.20 bits per heavy atom. The predicted molar refractivity (Wildman–Crippen MR) is 54.6 cm³/mol. The number of hydrogen-bond donors (Lipinski definition) is 1. The molecule has 0 aromatic rings. The molecule has 0 rings (SSSR count). The molecule has 0 radical (unpaired) electrons. The topological polar surface area (TPSA) is 81.7 Å². The summed E-state index contributed by atoms with van der Waals surface area (Å²) in [6.07, 6.45) is 0. The van der Waals surface area contributed by atoms with Gasteiger partial charge >= 0.3 is 11.9 Å². The van der Waals surface area contributed by atoms with Crippen LogP contribution in [-0.2, 0) is 23.9 Å². The third kappa shape index (κ3) is 8.07. The highest BCUT2D eigenvalue weighted by molar-refractivity contribution is 9.09. The molecule has 0 spiro atoms. The minimum Gasteiger partial charge on any atom is -0.468 e. The van der Waals surface area contributed by atoms with Gasteiger partial charge in [0.2, 0.25) is 0 Å². The van der Waals surface area contributed by atoms with Gasteiger partial charge in [-0.1, -0.05) is 15.9 Å². The number of halogens is 1. The number of carbonyl (C=O) groups is 3. The maximum absolute atomic E-state index is 10.9. The Labute approximate surface area is 95.4 Å². The highest BCUT2D eigenvalue weighted by Gasteiger charge is 2.07. The second-order valence-electron chi connectivity index (χ2n) is 2.51. The lowest BCUT2D eigenvalue weighted by molar-refractivity contribution is -0.146. The molecule has 1 N–H and O–H groups in total. The van der Waals surface area contributed by atoms with Crippen LogP contribution in [0.5, 0.6) is 0 Å². The van der Waals surface area contributed by atoms with Crippen LogP contribution in [0, 0.1) is 0 Å². The van der Waals surface area contributed by atoms with Gasteiger partial charge in [-0.15, -0.1) is 0 Å². The molecule has 6 nitrogen and oxygen atoms in total. The lowest BCUT2D eigenvalue weighted by Gasteiger charge is -2.03. The summed E-state index contributed by atoms with van der Waals surface area (Å²) in [6.45, 7) is -0.466. The summed E-state index contributed by atoms with van der Waals surface area (Å²) < 4.78 is 8.91. The van der Waals surface area contributed by atoms with E-state index in [0.717, 1.165) is 0 Å². The molecule has 0 bridgehead atoms. The summed E-state index contributed by atoms with van der Waals surface area (Å²) in [6, 6.07) is 0. The zero-order valence-corrected chi connectivity index (χ0v) is 9.83. The van der Waals surface area contributed by atoms with E-state index in [0.29, 0.717) is 0 Å². The van der Waals surface area contributed by atoms with Gasteiger partial charge in [0.25, 0.3) is 0 Å². The molecule has 0 heterocycles. The Morgan fingerprint density at radius 3 is 2.33 bits per heavy atom. The van der Waals surface area contributed by atoms with Crippen LogP contribution in [0.2, 0.25) is 0 Å². The number of esters is 2. The predicted octanol–water partition coefficient (Wildman–Crippen LogP) is -0.744. The van der Waals surface area contributed by atoms with Crippen LogP contribution in [-0.4, -0.2) is 49.9 Å². The van der Waals surface area contributed by atoms with Gasteiger partial charge in [-0.2, -0.15) is 0 Å². The molecular formula is C8H12BrNO5. The van der Waals surface area contributed by atoms with E-state index >= 15 is 0 Å². The van der Waals surface area contributed by atoms with Crippen LogP contribution >= 0.6 is 15.9 Å². The number of carbonyl (C=O) groups excluding carboxylic acids is 3. The smallest absolute Gasteiger partial charge is 0.320 e. The van der Waals surface area contributed by atoms with E-state index in [1.807, 2.05) is 0 Å². The standard InChI is InChI=1S/C8H12BrNO5/c1-14-7(12)3-10-4-8(13)15-5-6(11)2-9/h10H,2-5H2,1H3. The number of methoxy groups -OCH3 is 1. The molecule has 15 heavy (non-hydrogen) atoms. The average molecular weight is 282 g/mol. The molecule has 0 aromatic carbocycles. The van der Waals surface area contributed by atoms with E-state index in [1.54, 1.807) is 0 Å². The fourth-order valence-corrected chi connectivity index (χ4v) is 0.751. The molecule has 0 aromatic heterocycles. The number of ether oxygens (including phenoxy) is 2. The summed E-state index contributed by atoms with van der Waals surface area (Å²) >= 11 is 2.93. The van der Waals surface area contributed by atoms with Gasteiger partial charge in [0.05, 0.1) is 25.5 Å². The third-order valence-electron chi connectivity index (χ3n) is 1.31. The van der Waals surface area contributed by atoms with Crippen molar-refractivity contribution in [2.45, 2.75) is 0 Å². The number of rotatable bonds is 7. The van der Waals surface area contributed by atoms with E-state index in [9.17, 15) is 14.4 Å². The summed E-state index contributed by atoms with van der Waals surface area (Å²) in [4.78, 5) is 32.3. The molecule has 0 atom stereocenters. The lowest BCUT2D eigenvalue weighted by atomic mass is 10.5. The zero-order valence-electron chi connectivity index (χ0n) is 8.25. The summed E-state index contributed by atoms with van der Waals surface area (Å²) in [5.41, 5.74) is 0. The molecule has 0 amide bonds. The first-order valence-corrected chi connectivity index (χ1v) is 5.23. The maximum atomic E-state index is 10.9. The largest absolute Gasteiger partial charge is 0.468 e. The molecule has 0 aliphatic heterocycles. The average Bonchev–Trinajstić information content (AvgIpc) is 2.25. The number of hydrogen-bond acceptors (Lipinski definition) is 6. The van der Waals surface area contributed by atoms with Crippen molar-refractivity contribution in [3.63, 3.8) is 0 Å². The first kappa shape index (κ1) is 14.1. The highest BCUT2D eigenvalue weighted by Crippen LogP contribution is 1.85. The van der Waals surface area contributed by atoms with Crippen molar-refractivity contribution >= 4 is 33.7 Å². The van der Waals surface area contributed by atoms with Gasteiger partial charge in [0, 0.05) is 0 Å². The van der Waals surface area contributed by atoms with Gasteiger partial charge in [0.1, 0.15) is 0 Å². The second kappa shape index (κ2) is 8.37. The SMILES string of the molecule is COC(=O)CNCC(=O)OCC(=O)CBr. The molecule has 0 fully saturated rings. The molecule has 0 saturated heterocycles. The maximum Gasteiger partial charge on any atom is 0.320 e. The van der Waals surface area contributed by atoms with Gasteiger partial charge in [0.15, 0.2) is 12.4 Å². The van der Waals surface area contributed by atoms with Crippen molar-refractivity contribution in [2.75, 3.05) is 32.1 Å². The minimum atomic E-state index is -0.590. The molecule has 0 aliphatic carbocycles. The molecule has 7 heteroatoms. The molecule has 0 aliphatic rings. The van der Waals surface area contributed by atoms with Gasteiger partial charge in [-0.3, -0.25) is 19.7 Å². The fourth-order valence-electron chi connectivity index (χ4n) is 0.589. The Kier molecular flexibility index (Phi) is 7.84. The van der Waals surface area contributed by atoms with Crippen LogP contribution < -0.4 is 5.32 Å². The fraction of sp³-hybridized carbons (Fsp3) is 0.625. The number of nitrogens with one attached hydrogen (secondary N) is 1. The Bertz CT molecular complexity index is 243. The summed E-state index contributed by atoms with van der Waals surface area (Å²) in [5, 5.41) is 2.65. The van der Waals surface area contributed by atoms with E-state index in [1.165, 1.54) is 7.11 Å². The Morgan fingerprint density at radius 2 is 1.80 bits per heavy atom. The first-order valence-electron chi connectivity index (χ1n) is 4.11. The normalized spacial score (nSPS) is 9.47. The molecule has 0 unspecified atom stereocenters. The van der Waals surface area contributed by atoms with Gasteiger partial charge in [-0.05, 0) is 0 Å². The second-order valence-corrected chi connectivity index (χ2v) is 3.07. The lowest BCUT2D eigenvalue weighted by Crippen LogP contribution is -2.31. The number of ketones is 1. The van der Waals surface area contributed by atoms with Crippen LogP contribution in [0.3, 0.4) is 0 Å². The zero-order chi connectivity index (χ0) is 11.7. The number of alkyl halides is 1. The molecular weight excluding hydrogens is 270 g/mol. The third-order valence-corrected chi connectivity index (χ3v) is 1.93. The quantitative estimate of drug-likeness (QED) is 0.489. The minimum absolute atomic E-state index is 0.0714. The van der Waals surface area contributed by atoms with Crippen LogP contribution in [0.1, 0.15) is 0 Å². The summed E-state index contributed by atoms with van der Waals surface area (Å²) in [5.74, 6) is -1.29. The van der Waals surface area contributed by atoms with Crippen molar-refractivity contribution in [1.29, 1.82) is 0 Å². The van der Waals surface area contributed by atoms with Crippen LogP contribution in [0.15, 0.2) is 0 Å². The molecule has 86 valence electrons. The Hall–Kier alpha value is -0.950. The number of Topliss-reactive ketones (excluding diaryl/α,β-unsaturated/α-hetero) is 1. The first-order chi connectivity index (χ1) is 7.10. The van der Waals surface area contributed by atoms with E-state index in [2.05, 4.69) is 30.7 Å². The van der Waals surface area contributed by atoms with Crippen molar-refractivity contribution in [1.82, 2.24) is 5.32 Å². The Balaban J connectivity index is 3.49. The van der Waals surface area contributed by atoms with Gasteiger partial charge < -0.3 is 9.47 Å². The van der Waals surface area contributed by atoms with E-state index in [4.69, 9.17) is 0 Å². The van der Waals surface area contributed by atoms with Crippen molar-refractivity contribution in [3.05, 3.63) is 0 Å². The monoisotopic (exact) mass is 281 g/mol. The van der Waals surface area contributed by atoms with Crippen LogP contribution in [0.4, 0.5) is 0 Å². The van der Waals surface area contributed by atoms with Crippen molar-refractivity contribution in [2.24, 2.45) is 0 Å². The van der Waals surface area contributed by atoms with Crippen LogP contribution in [0.25, 0.3) is 0 Å². The van der Waals surface area contributed by atoms with E-state index in [-0.39, 0.29) is 30.8 Å². The summed E-state index contributed by atoms with van der Waals surface area (Å²) in [7, 11) is 1.25. The van der Waals surface area contributed by atoms with Crippen molar-refractivity contribution < 1.29 is 23.9 Å². The van der Waals surface area contributed by atoms with Gasteiger partial charge in [-0.25, -0.2) is 0 Å². The molecule has 0 saturated carbocycles. The van der Waals surface area contributed by atoms with E-state index < -0.39 is 11.9 Å². The highest BCUT2D eigenvalue weighted by atomic mass is 79.9. The van der Waals surface area contributed by atoms with Crippen molar-refractivity contribution in [3.8, 4) is 0 Å².